The van der Waals surface area contributed by atoms with Crippen molar-refractivity contribution in [2.45, 2.75) is 18.7 Å². The van der Waals surface area contributed by atoms with Crippen LogP contribution in [-0.4, -0.2) is 43.0 Å². The van der Waals surface area contributed by atoms with Gasteiger partial charge in [0.25, 0.3) is 5.91 Å². The summed E-state index contributed by atoms with van der Waals surface area (Å²) in [7, 11) is 5.69. The summed E-state index contributed by atoms with van der Waals surface area (Å²) in [5, 5.41) is 0. The minimum Gasteiger partial charge on any atom is -0.378 e. The van der Waals surface area contributed by atoms with Crippen LogP contribution in [-0.2, 0) is 16.1 Å². The lowest BCUT2D eigenvalue weighted by Crippen LogP contribution is -2.46. The molecular formula is C21H22N2O2. The van der Waals surface area contributed by atoms with Gasteiger partial charge in [0, 0.05) is 27.7 Å². The first-order valence-corrected chi connectivity index (χ1v) is 8.52. The van der Waals surface area contributed by atoms with Crippen LogP contribution in [0.5, 0.6) is 0 Å². The van der Waals surface area contributed by atoms with Crippen molar-refractivity contribution in [3.63, 3.8) is 0 Å². The van der Waals surface area contributed by atoms with Gasteiger partial charge in [0.05, 0.1) is 17.3 Å². The van der Waals surface area contributed by atoms with Gasteiger partial charge in [0.15, 0.2) is 0 Å². The zero-order valence-corrected chi connectivity index (χ0v) is 14.8. The van der Waals surface area contributed by atoms with E-state index in [1.54, 1.807) is 7.11 Å². The van der Waals surface area contributed by atoms with Gasteiger partial charge < -0.3 is 14.5 Å². The molecule has 2 aromatic carbocycles. The van der Waals surface area contributed by atoms with Crippen LogP contribution in [0.25, 0.3) is 5.57 Å². The minimum atomic E-state index is -0.188. The van der Waals surface area contributed by atoms with Gasteiger partial charge in [0.2, 0.25) is 0 Å². The normalized spacial score (nSPS) is 22.0. The molecule has 2 unspecified atom stereocenters. The second-order valence-electron chi connectivity index (χ2n) is 6.75. The van der Waals surface area contributed by atoms with E-state index in [-0.39, 0.29) is 18.1 Å². The van der Waals surface area contributed by atoms with Gasteiger partial charge in [-0.05, 0) is 16.7 Å². The van der Waals surface area contributed by atoms with Crippen molar-refractivity contribution < 1.29 is 9.53 Å². The highest BCUT2D eigenvalue weighted by atomic mass is 16.5. The molecule has 1 amide bonds. The average molecular weight is 334 g/mol. The summed E-state index contributed by atoms with van der Waals surface area (Å²) in [6.07, 6.45) is -0.188. The van der Waals surface area contributed by atoms with E-state index >= 15 is 0 Å². The summed E-state index contributed by atoms with van der Waals surface area (Å²) in [5.41, 5.74) is 5.01. The molecule has 2 aliphatic rings. The van der Waals surface area contributed by atoms with Crippen molar-refractivity contribution in [1.29, 1.82) is 0 Å². The van der Waals surface area contributed by atoms with Crippen LogP contribution in [0.3, 0.4) is 0 Å². The highest BCUT2D eigenvalue weighted by Crippen LogP contribution is 2.46. The van der Waals surface area contributed by atoms with Crippen LogP contribution in [0.15, 0.2) is 60.3 Å². The summed E-state index contributed by atoms with van der Waals surface area (Å²) in [5.74, 6) is 0.0735. The van der Waals surface area contributed by atoms with E-state index in [0.29, 0.717) is 6.54 Å². The van der Waals surface area contributed by atoms with Crippen molar-refractivity contribution >= 4 is 11.5 Å². The number of rotatable bonds is 3. The molecule has 0 saturated heterocycles. The van der Waals surface area contributed by atoms with E-state index in [4.69, 9.17) is 4.74 Å². The second-order valence-corrected chi connectivity index (χ2v) is 6.75. The van der Waals surface area contributed by atoms with E-state index in [9.17, 15) is 4.79 Å². The molecule has 128 valence electrons. The Morgan fingerprint density at radius 1 is 1.04 bits per heavy atom. The van der Waals surface area contributed by atoms with Crippen LogP contribution in [0.1, 0.15) is 22.7 Å². The number of amides is 1. The number of hydrogen-bond acceptors (Lipinski definition) is 3. The number of fused-ring (bicyclic) bond motifs is 3. The Hall–Kier alpha value is -2.59. The fourth-order valence-electron chi connectivity index (χ4n) is 4.08. The number of carbonyl (C=O) groups is 1. The largest absolute Gasteiger partial charge is 0.378 e. The summed E-state index contributed by atoms with van der Waals surface area (Å²) in [6, 6.07) is 18.1. The maximum atomic E-state index is 13.4. The van der Waals surface area contributed by atoms with Crippen LogP contribution in [0, 0.1) is 0 Å². The van der Waals surface area contributed by atoms with E-state index in [2.05, 4.69) is 12.1 Å². The SMILES string of the molecule is COC1C(N(C)C)=C(c2ccccc2)C(=O)N2Cc3ccccc3C12. The molecule has 0 fully saturated rings. The Balaban J connectivity index is 1.93. The van der Waals surface area contributed by atoms with Crippen molar-refractivity contribution in [2.24, 2.45) is 0 Å². The molecule has 0 aromatic heterocycles. The maximum absolute atomic E-state index is 13.4. The standard InChI is InChI=1S/C21H22N2O2/c1-22(2)19-17(14-9-5-4-6-10-14)21(24)23-13-15-11-7-8-12-16(15)18(23)20(19)25-3/h4-12,18,20H,13H2,1-3H3. The van der Waals surface area contributed by atoms with Gasteiger partial charge >= 0.3 is 0 Å². The monoisotopic (exact) mass is 334 g/mol. The first-order valence-electron chi connectivity index (χ1n) is 8.52. The Morgan fingerprint density at radius 3 is 2.40 bits per heavy atom. The molecule has 0 radical (unpaired) electrons. The molecule has 0 N–H and O–H groups in total. The van der Waals surface area contributed by atoms with Crippen LogP contribution in [0.2, 0.25) is 0 Å². The molecule has 0 aliphatic carbocycles. The molecule has 4 heteroatoms. The molecule has 4 rings (SSSR count). The highest BCUT2D eigenvalue weighted by molar-refractivity contribution is 6.21. The molecular weight excluding hydrogens is 312 g/mol. The topological polar surface area (TPSA) is 32.8 Å². The maximum Gasteiger partial charge on any atom is 0.257 e. The lowest BCUT2D eigenvalue weighted by atomic mass is 9.88. The number of carbonyl (C=O) groups excluding carboxylic acids is 1. The Morgan fingerprint density at radius 2 is 1.72 bits per heavy atom. The summed E-state index contributed by atoms with van der Waals surface area (Å²) >= 11 is 0. The van der Waals surface area contributed by atoms with Crippen molar-refractivity contribution in [2.75, 3.05) is 21.2 Å². The van der Waals surface area contributed by atoms with E-state index in [0.717, 1.165) is 16.8 Å². The first-order chi connectivity index (χ1) is 12.1. The third-order valence-corrected chi connectivity index (χ3v) is 5.14. The van der Waals surface area contributed by atoms with Gasteiger partial charge in [-0.1, -0.05) is 54.6 Å². The van der Waals surface area contributed by atoms with Gasteiger partial charge in [-0.25, -0.2) is 0 Å². The number of hydrogen-bond donors (Lipinski definition) is 0. The number of benzene rings is 2. The Kier molecular flexibility index (Phi) is 3.85. The van der Waals surface area contributed by atoms with Crippen molar-refractivity contribution in [1.82, 2.24) is 9.80 Å². The van der Waals surface area contributed by atoms with Gasteiger partial charge in [0.1, 0.15) is 6.10 Å². The fourth-order valence-corrected chi connectivity index (χ4v) is 4.08. The number of methoxy groups -OCH3 is 1. The van der Waals surface area contributed by atoms with Gasteiger partial charge in [-0.3, -0.25) is 4.79 Å². The average Bonchev–Trinajstić information content (AvgIpc) is 3.02. The minimum absolute atomic E-state index is 0.0708. The predicted octanol–water partition coefficient (Wildman–Crippen LogP) is 3.07. The van der Waals surface area contributed by atoms with Crippen LogP contribution >= 0.6 is 0 Å². The third-order valence-electron chi connectivity index (χ3n) is 5.14. The number of nitrogens with zero attached hydrogens (tertiary/aromatic N) is 2. The van der Waals surface area contributed by atoms with Crippen molar-refractivity contribution in [3.8, 4) is 0 Å². The molecule has 0 bridgehead atoms. The van der Waals surface area contributed by atoms with E-state index < -0.39 is 0 Å². The second kappa shape index (κ2) is 6.05. The highest BCUT2D eigenvalue weighted by Gasteiger charge is 2.47. The predicted molar refractivity (Wildman–Crippen MR) is 97.6 cm³/mol. The molecule has 4 nitrogen and oxygen atoms in total. The molecule has 2 atom stereocenters. The zero-order chi connectivity index (χ0) is 17.6. The Bertz CT molecular complexity index is 842. The quantitative estimate of drug-likeness (QED) is 0.865. The summed E-state index contributed by atoms with van der Waals surface area (Å²) in [4.78, 5) is 17.4. The van der Waals surface area contributed by atoms with Crippen LogP contribution in [0.4, 0.5) is 0 Å². The lowest BCUT2D eigenvalue weighted by molar-refractivity contribution is -0.131. The molecule has 25 heavy (non-hydrogen) atoms. The molecule has 2 aliphatic heterocycles. The lowest BCUT2D eigenvalue weighted by Gasteiger charge is -2.41. The summed E-state index contributed by atoms with van der Waals surface area (Å²) in [6.45, 7) is 0.635. The Labute approximate surface area is 148 Å². The first kappa shape index (κ1) is 15.9. The van der Waals surface area contributed by atoms with E-state index in [1.165, 1.54) is 11.1 Å². The van der Waals surface area contributed by atoms with E-state index in [1.807, 2.05) is 66.4 Å². The van der Waals surface area contributed by atoms with Crippen LogP contribution < -0.4 is 0 Å². The number of likely N-dealkylation sites (N-methyl/N-ethyl adjacent to an activating group) is 1. The zero-order valence-electron chi connectivity index (χ0n) is 14.8. The van der Waals surface area contributed by atoms with Gasteiger partial charge in [-0.15, -0.1) is 0 Å². The molecule has 0 spiro atoms. The smallest absolute Gasteiger partial charge is 0.257 e. The van der Waals surface area contributed by atoms with Gasteiger partial charge in [-0.2, -0.15) is 0 Å². The molecule has 2 aromatic rings. The number of ether oxygens (including phenoxy) is 1. The fraction of sp³-hybridized carbons (Fsp3) is 0.286. The summed E-state index contributed by atoms with van der Waals surface area (Å²) < 4.78 is 5.94. The van der Waals surface area contributed by atoms with Crippen molar-refractivity contribution in [3.05, 3.63) is 77.0 Å². The molecule has 2 heterocycles. The third kappa shape index (κ3) is 2.36. The molecule has 0 saturated carbocycles.